The SMILES string of the molecule is Cc1csc(CNC(=O)CNC2CC2)n1. The monoisotopic (exact) mass is 225 g/mol. The zero-order valence-electron chi connectivity index (χ0n) is 8.75. The third-order valence-electron chi connectivity index (χ3n) is 2.23. The average molecular weight is 225 g/mol. The largest absolute Gasteiger partial charge is 0.348 e. The summed E-state index contributed by atoms with van der Waals surface area (Å²) in [4.78, 5) is 15.6. The molecule has 2 rings (SSSR count). The van der Waals surface area contributed by atoms with Crippen molar-refractivity contribution in [2.24, 2.45) is 0 Å². The van der Waals surface area contributed by atoms with Crippen molar-refractivity contribution in [2.75, 3.05) is 6.54 Å². The molecule has 1 saturated carbocycles. The fourth-order valence-electron chi connectivity index (χ4n) is 1.25. The second-order valence-corrected chi connectivity index (χ2v) is 4.76. The molecule has 0 radical (unpaired) electrons. The third-order valence-corrected chi connectivity index (χ3v) is 3.20. The molecule has 1 heterocycles. The highest BCUT2D eigenvalue weighted by molar-refractivity contribution is 7.09. The standard InChI is InChI=1S/C10H15N3OS/c1-7-6-15-10(13-7)5-12-9(14)4-11-8-2-3-8/h6,8,11H,2-5H2,1H3,(H,12,14). The zero-order chi connectivity index (χ0) is 10.7. The Morgan fingerprint density at radius 1 is 1.67 bits per heavy atom. The molecule has 15 heavy (non-hydrogen) atoms. The van der Waals surface area contributed by atoms with Gasteiger partial charge in [0.25, 0.3) is 0 Å². The van der Waals surface area contributed by atoms with Crippen LogP contribution in [0.4, 0.5) is 0 Å². The molecule has 0 bridgehead atoms. The van der Waals surface area contributed by atoms with Crippen molar-refractivity contribution in [3.8, 4) is 0 Å². The van der Waals surface area contributed by atoms with E-state index in [-0.39, 0.29) is 5.91 Å². The number of aromatic nitrogens is 1. The highest BCUT2D eigenvalue weighted by Gasteiger charge is 2.20. The molecule has 4 nitrogen and oxygen atoms in total. The lowest BCUT2D eigenvalue weighted by atomic mass is 10.5. The molecular formula is C10H15N3OS. The van der Waals surface area contributed by atoms with Crippen molar-refractivity contribution in [1.82, 2.24) is 15.6 Å². The van der Waals surface area contributed by atoms with Crippen molar-refractivity contribution in [2.45, 2.75) is 32.4 Å². The first-order valence-corrected chi connectivity index (χ1v) is 6.03. The minimum absolute atomic E-state index is 0.0507. The number of aryl methyl sites for hydroxylation is 1. The van der Waals surface area contributed by atoms with E-state index in [0.717, 1.165) is 10.7 Å². The van der Waals surface area contributed by atoms with E-state index in [2.05, 4.69) is 15.6 Å². The van der Waals surface area contributed by atoms with Crippen LogP contribution in [0.2, 0.25) is 0 Å². The van der Waals surface area contributed by atoms with Crippen molar-refractivity contribution < 1.29 is 4.79 Å². The Balaban J connectivity index is 1.65. The van der Waals surface area contributed by atoms with Gasteiger partial charge in [0.15, 0.2) is 0 Å². The summed E-state index contributed by atoms with van der Waals surface area (Å²) in [6, 6.07) is 0.581. The summed E-state index contributed by atoms with van der Waals surface area (Å²) in [5, 5.41) is 8.97. The summed E-state index contributed by atoms with van der Waals surface area (Å²) >= 11 is 1.58. The van der Waals surface area contributed by atoms with Gasteiger partial charge in [-0.2, -0.15) is 0 Å². The topological polar surface area (TPSA) is 54.0 Å². The number of rotatable bonds is 5. The molecule has 1 fully saturated rings. The quantitative estimate of drug-likeness (QED) is 0.780. The van der Waals surface area contributed by atoms with Crippen LogP contribution in [0.15, 0.2) is 5.38 Å². The molecule has 1 amide bonds. The van der Waals surface area contributed by atoms with Gasteiger partial charge in [0.1, 0.15) is 5.01 Å². The second kappa shape index (κ2) is 4.72. The number of thiazole rings is 1. The Labute approximate surface area is 93.1 Å². The molecule has 5 heteroatoms. The van der Waals surface area contributed by atoms with Gasteiger partial charge < -0.3 is 10.6 Å². The van der Waals surface area contributed by atoms with E-state index in [1.807, 2.05) is 12.3 Å². The van der Waals surface area contributed by atoms with Crippen LogP contribution in [0.3, 0.4) is 0 Å². The number of nitrogens with one attached hydrogen (secondary N) is 2. The van der Waals surface area contributed by atoms with Gasteiger partial charge in [0, 0.05) is 17.1 Å². The molecule has 1 aliphatic rings. The van der Waals surface area contributed by atoms with Gasteiger partial charge in [-0.05, 0) is 19.8 Å². The predicted molar refractivity (Wildman–Crippen MR) is 59.7 cm³/mol. The summed E-state index contributed by atoms with van der Waals surface area (Å²) in [5.41, 5.74) is 1.01. The Hall–Kier alpha value is -0.940. The molecule has 0 aliphatic heterocycles. The first-order valence-electron chi connectivity index (χ1n) is 5.15. The number of hydrogen-bond donors (Lipinski definition) is 2. The van der Waals surface area contributed by atoms with Gasteiger partial charge in [0.05, 0.1) is 13.1 Å². The Kier molecular flexibility index (Phi) is 3.33. The molecule has 0 atom stereocenters. The van der Waals surface area contributed by atoms with E-state index in [0.29, 0.717) is 19.1 Å². The molecule has 82 valence electrons. The normalized spacial score (nSPS) is 15.3. The molecule has 1 aliphatic carbocycles. The second-order valence-electron chi connectivity index (χ2n) is 3.81. The molecule has 1 aromatic heterocycles. The Morgan fingerprint density at radius 3 is 3.07 bits per heavy atom. The van der Waals surface area contributed by atoms with Crippen molar-refractivity contribution in [3.63, 3.8) is 0 Å². The third kappa shape index (κ3) is 3.60. The van der Waals surface area contributed by atoms with Crippen LogP contribution in [0.1, 0.15) is 23.5 Å². The summed E-state index contributed by atoms with van der Waals surface area (Å²) in [7, 11) is 0. The van der Waals surface area contributed by atoms with Crippen molar-refractivity contribution in [3.05, 3.63) is 16.1 Å². The van der Waals surface area contributed by atoms with Crippen LogP contribution >= 0.6 is 11.3 Å². The highest BCUT2D eigenvalue weighted by Crippen LogP contribution is 2.17. The van der Waals surface area contributed by atoms with Crippen LogP contribution in [-0.4, -0.2) is 23.5 Å². The lowest BCUT2D eigenvalue weighted by molar-refractivity contribution is -0.120. The van der Waals surface area contributed by atoms with Crippen LogP contribution in [0, 0.1) is 6.92 Å². The minimum atomic E-state index is 0.0507. The van der Waals surface area contributed by atoms with E-state index >= 15 is 0 Å². The maximum absolute atomic E-state index is 11.4. The van der Waals surface area contributed by atoms with Crippen LogP contribution in [-0.2, 0) is 11.3 Å². The fraction of sp³-hybridized carbons (Fsp3) is 0.600. The maximum atomic E-state index is 11.4. The van der Waals surface area contributed by atoms with Crippen molar-refractivity contribution >= 4 is 17.2 Å². The lowest BCUT2D eigenvalue weighted by Crippen LogP contribution is -2.34. The first kappa shape index (κ1) is 10.6. The average Bonchev–Trinajstić information content (AvgIpc) is 2.95. The summed E-state index contributed by atoms with van der Waals surface area (Å²) in [6.45, 7) is 2.93. The number of carbonyl (C=O) groups is 1. The van der Waals surface area contributed by atoms with E-state index in [4.69, 9.17) is 0 Å². The Morgan fingerprint density at radius 2 is 2.47 bits per heavy atom. The maximum Gasteiger partial charge on any atom is 0.234 e. The van der Waals surface area contributed by atoms with Gasteiger partial charge in [-0.1, -0.05) is 0 Å². The zero-order valence-corrected chi connectivity index (χ0v) is 9.56. The lowest BCUT2D eigenvalue weighted by Gasteiger charge is -2.03. The number of amides is 1. The molecule has 0 spiro atoms. The van der Waals surface area contributed by atoms with Gasteiger partial charge in [-0.25, -0.2) is 4.98 Å². The van der Waals surface area contributed by atoms with E-state index < -0.39 is 0 Å². The van der Waals surface area contributed by atoms with Gasteiger partial charge in [0.2, 0.25) is 5.91 Å². The first-order chi connectivity index (χ1) is 7.24. The number of hydrogen-bond acceptors (Lipinski definition) is 4. The predicted octanol–water partition coefficient (Wildman–Crippen LogP) is 0.820. The molecule has 0 saturated heterocycles. The van der Waals surface area contributed by atoms with E-state index in [1.165, 1.54) is 12.8 Å². The van der Waals surface area contributed by atoms with E-state index in [9.17, 15) is 4.79 Å². The van der Waals surface area contributed by atoms with Crippen LogP contribution in [0.5, 0.6) is 0 Å². The van der Waals surface area contributed by atoms with Gasteiger partial charge in [-0.3, -0.25) is 4.79 Å². The Bertz CT molecular complexity index is 346. The molecule has 0 aromatic carbocycles. The summed E-state index contributed by atoms with van der Waals surface area (Å²) in [5.74, 6) is 0.0507. The molecular weight excluding hydrogens is 210 g/mol. The molecule has 0 unspecified atom stereocenters. The fourth-order valence-corrected chi connectivity index (χ4v) is 1.96. The van der Waals surface area contributed by atoms with Gasteiger partial charge >= 0.3 is 0 Å². The van der Waals surface area contributed by atoms with E-state index in [1.54, 1.807) is 11.3 Å². The van der Waals surface area contributed by atoms with Crippen LogP contribution < -0.4 is 10.6 Å². The number of carbonyl (C=O) groups excluding carboxylic acids is 1. The molecule has 1 aromatic rings. The van der Waals surface area contributed by atoms with Gasteiger partial charge in [-0.15, -0.1) is 11.3 Å². The van der Waals surface area contributed by atoms with Crippen molar-refractivity contribution in [1.29, 1.82) is 0 Å². The minimum Gasteiger partial charge on any atom is -0.348 e. The molecule has 2 N–H and O–H groups in total. The smallest absolute Gasteiger partial charge is 0.234 e. The summed E-state index contributed by atoms with van der Waals surface area (Å²) in [6.07, 6.45) is 2.41. The summed E-state index contributed by atoms with van der Waals surface area (Å²) < 4.78 is 0. The van der Waals surface area contributed by atoms with Crippen LogP contribution in [0.25, 0.3) is 0 Å². The number of nitrogens with zero attached hydrogens (tertiary/aromatic N) is 1. The highest BCUT2D eigenvalue weighted by atomic mass is 32.1.